The first-order chi connectivity index (χ1) is 16.9. The molecule has 2 fully saturated rings. The van der Waals surface area contributed by atoms with Crippen LogP contribution in [0, 0.1) is 5.82 Å². The number of aryl methyl sites for hydroxylation is 1. The van der Waals surface area contributed by atoms with E-state index in [1.54, 1.807) is 19.2 Å². The standard InChI is InChI=1S/C24H23ClFN7O2/c1-13-10-32(12-20(35-13)14-8-28-33(11-14)16-4-5-16)24-29-21(17-6-3-15(25)7-19(17)26)18-9-27-31(2)23(34)22(18)30-24/h3,6-9,11,13,16,20H,4-5,10,12H2,1-2H3/t13-,20-/m0/s1. The summed E-state index contributed by atoms with van der Waals surface area (Å²) in [5.41, 5.74) is 1.29. The zero-order chi connectivity index (χ0) is 24.3. The Morgan fingerprint density at radius 1 is 1.14 bits per heavy atom. The van der Waals surface area contributed by atoms with E-state index in [-0.39, 0.29) is 33.9 Å². The van der Waals surface area contributed by atoms with Crippen molar-refractivity contribution in [3.8, 4) is 11.3 Å². The fourth-order valence-corrected chi connectivity index (χ4v) is 4.64. The second kappa shape index (κ2) is 8.39. The lowest BCUT2D eigenvalue weighted by Crippen LogP contribution is -2.43. The Labute approximate surface area is 205 Å². The van der Waals surface area contributed by atoms with Crippen LogP contribution in [0.4, 0.5) is 10.3 Å². The van der Waals surface area contributed by atoms with Gasteiger partial charge in [-0.15, -0.1) is 0 Å². The number of nitrogens with zero attached hydrogens (tertiary/aromatic N) is 7. The first-order valence-corrected chi connectivity index (χ1v) is 11.9. The lowest BCUT2D eigenvalue weighted by molar-refractivity contribution is -0.0178. The lowest BCUT2D eigenvalue weighted by Gasteiger charge is -2.36. The minimum absolute atomic E-state index is 0.117. The van der Waals surface area contributed by atoms with E-state index >= 15 is 0 Å². The smallest absolute Gasteiger partial charge is 0.293 e. The first-order valence-electron chi connectivity index (χ1n) is 11.5. The van der Waals surface area contributed by atoms with Gasteiger partial charge in [0.2, 0.25) is 5.95 Å². The van der Waals surface area contributed by atoms with Crippen LogP contribution in [0.2, 0.25) is 5.02 Å². The number of ether oxygens (including phenoxy) is 1. The van der Waals surface area contributed by atoms with Crippen molar-refractivity contribution in [3.05, 3.63) is 63.5 Å². The molecule has 11 heteroatoms. The third kappa shape index (κ3) is 4.06. The minimum Gasteiger partial charge on any atom is -0.367 e. The van der Waals surface area contributed by atoms with Gasteiger partial charge < -0.3 is 9.64 Å². The lowest BCUT2D eigenvalue weighted by atomic mass is 10.1. The van der Waals surface area contributed by atoms with Crippen LogP contribution < -0.4 is 10.5 Å². The summed E-state index contributed by atoms with van der Waals surface area (Å²) in [5, 5.41) is 9.24. The molecule has 9 nitrogen and oxygen atoms in total. The maximum atomic E-state index is 14.9. The van der Waals surface area contributed by atoms with Gasteiger partial charge in [-0.3, -0.25) is 9.48 Å². The molecular formula is C24H23ClFN7O2. The van der Waals surface area contributed by atoms with Crippen LogP contribution in [0.15, 0.2) is 41.6 Å². The summed E-state index contributed by atoms with van der Waals surface area (Å²) >= 11 is 5.97. The molecule has 1 saturated carbocycles. The van der Waals surface area contributed by atoms with Gasteiger partial charge in [0.05, 0.1) is 42.2 Å². The molecule has 6 rings (SSSR count). The van der Waals surface area contributed by atoms with Gasteiger partial charge >= 0.3 is 0 Å². The zero-order valence-corrected chi connectivity index (χ0v) is 20.0. The quantitative estimate of drug-likeness (QED) is 0.426. The highest BCUT2D eigenvalue weighted by Gasteiger charge is 2.31. The monoisotopic (exact) mass is 495 g/mol. The maximum absolute atomic E-state index is 14.9. The third-order valence-electron chi connectivity index (χ3n) is 6.43. The molecule has 1 aliphatic carbocycles. The van der Waals surface area contributed by atoms with E-state index in [0.717, 1.165) is 18.4 Å². The van der Waals surface area contributed by atoms with E-state index in [4.69, 9.17) is 21.3 Å². The van der Waals surface area contributed by atoms with Crippen LogP contribution in [0.3, 0.4) is 0 Å². The average molecular weight is 496 g/mol. The zero-order valence-electron chi connectivity index (χ0n) is 19.2. The number of rotatable bonds is 4. The number of hydrogen-bond acceptors (Lipinski definition) is 7. The molecule has 4 heterocycles. The van der Waals surface area contributed by atoms with Crippen molar-refractivity contribution >= 4 is 28.5 Å². The number of morpholine rings is 1. The Hall–Kier alpha value is -3.37. The van der Waals surface area contributed by atoms with Gasteiger partial charge in [-0.25, -0.2) is 19.0 Å². The molecule has 1 saturated heterocycles. The topological polar surface area (TPSA) is 91.0 Å². The van der Waals surface area contributed by atoms with Gasteiger partial charge in [0, 0.05) is 35.9 Å². The highest BCUT2D eigenvalue weighted by Crippen LogP contribution is 2.36. The van der Waals surface area contributed by atoms with E-state index in [0.29, 0.717) is 36.2 Å². The molecule has 1 aliphatic heterocycles. The third-order valence-corrected chi connectivity index (χ3v) is 6.67. The van der Waals surface area contributed by atoms with Crippen molar-refractivity contribution in [1.82, 2.24) is 29.5 Å². The molecule has 180 valence electrons. The molecule has 0 amide bonds. The SMILES string of the molecule is C[C@H]1CN(c2nc(-c3ccc(Cl)cc3F)c3cnn(C)c(=O)c3n2)C[C@@H](c2cnn(C3CC3)c2)O1. The van der Waals surface area contributed by atoms with Crippen molar-refractivity contribution in [2.24, 2.45) is 7.05 Å². The summed E-state index contributed by atoms with van der Waals surface area (Å²) in [7, 11) is 1.55. The molecule has 0 unspecified atom stereocenters. The van der Waals surface area contributed by atoms with Crippen LogP contribution in [-0.2, 0) is 11.8 Å². The molecule has 1 aromatic carbocycles. The largest absolute Gasteiger partial charge is 0.367 e. The van der Waals surface area contributed by atoms with E-state index in [1.807, 2.05) is 28.9 Å². The molecule has 2 aliphatic rings. The van der Waals surface area contributed by atoms with Crippen LogP contribution in [0.25, 0.3) is 22.2 Å². The molecule has 0 radical (unpaired) electrons. The summed E-state index contributed by atoms with van der Waals surface area (Å²) in [6.07, 6.45) is 7.31. The van der Waals surface area contributed by atoms with Crippen LogP contribution in [0.5, 0.6) is 0 Å². The Balaban J connectivity index is 1.45. The number of hydrogen-bond donors (Lipinski definition) is 0. The number of halogens is 2. The van der Waals surface area contributed by atoms with E-state index in [9.17, 15) is 9.18 Å². The Morgan fingerprint density at radius 3 is 2.74 bits per heavy atom. The first kappa shape index (κ1) is 22.1. The molecule has 0 bridgehead atoms. The summed E-state index contributed by atoms with van der Waals surface area (Å²) in [6.45, 7) is 2.97. The average Bonchev–Trinajstić information content (AvgIpc) is 3.57. The number of benzene rings is 1. The number of anilines is 1. The summed E-state index contributed by atoms with van der Waals surface area (Å²) in [5.74, 6) is -0.204. The predicted octanol–water partition coefficient (Wildman–Crippen LogP) is 3.68. The summed E-state index contributed by atoms with van der Waals surface area (Å²) in [4.78, 5) is 24.3. The summed E-state index contributed by atoms with van der Waals surface area (Å²) in [6, 6.07) is 4.85. The van der Waals surface area contributed by atoms with Crippen molar-refractivity contribution in [1.29, 1.82) is 0 Å². The molecule has 3 aromatic heterocycles. The van der Waals surface area contributed by atoms with Crippen molar-refractivity contribution < 1.29 is 9.13 Å². The number of aromatic nitrogens is 6. The second-order valence-electron chi connectivity index (χ2n) is 9.16. The normalized spacial score (nSPS) is 20.5. The van der Waals surface area contributed by atoms with Crippen molar-refractivity contribution in [2.45, 2.75) is 38.0 Å². The molecule has 4 aromatic rings. The van der Waals surface area contributed by atoms with Gasteiger partial charge in [0.25, 0.3) is 5.56 Å². The molecule has 35 heavy (non-hydrogen) atoms. The van der Waals surface area contributed by atoms with Gasteiger partial charge in [-0.2, -0.15) is 10.2 Å². The highest BCUT2D eigenvalue weighted by atomic mass is 35.5. The highest BCUT2D eigenvalue weighted by molar-refractivity contribution is 6.30. The van der Waals surface area contributed by atoms with Gasteiger partial charge in [0.15, 0.2) is 0 Å². The van der Waals surface area contributed by atoms with E-state index in [1.165, 1.54) is 16.9 Å². The maximum Gasteiger partial charge on any atom is 0.293 e. The fraction of sp³-hybridized carbons (Fsp3) is 0.375. The molecular weight excluding hydrogens is 473 g/mol. The van der Waals surface area contributed by atoms with Crippen LogP contribution >= 0.6 is 11.6 Å². The molecule has 0 spiro atoms. The second-order valence-corrected chi connectivity index (χ2v) is 9.59. The van der Waals surface area contributed by atoms with Gasteiger partial charge in [-0.1, -0.05) is 11.6 Å². The minimum atomic E-state index is -0.537. The Bertz CT molecular complexity index is 1500. The fourth-order valence-electron chi connectivity index (χ4n) is 4.48. The number of fused-ring (bicyclic) bond motifs is 1. The summed E-state index contributed by atoms with van der Waals surface area (Å²) < 4.78 is 24.4. The van der Waals surface area contributed by atoms with Crippen LogP contribution in [0.1, 0.15) is 37.5 Å². The van der Waals surface area contributed by atoms with E-state index in [2.05, 4.69) is 15.2 Å². The van der Waals surface area contributed by atoms with E-state index < -0.39 is 5.82 Å². The van der Waals surface area contributed by atoms with Crippen LogP contribution in [-0.4, -0.2) is 48.7 Å². The predicted molar refractivity (Wildman–Crippen MR) is 129 cm³/mol. The molecule has 0 N–H and O–H groups in total. The van der Waals surface area contributed by atoms with Gasteiger partial charge in [-0.05, 0) is 38.0 Å². The Kier molecular flexibility index (Phi) is 5.30. The van der Waals surface area contributed by atoms with Crippen molar-refractivity contribution in [2.75, 3.05) is 18.0 Å². The molecule has 2 atom stereocenters. The van der Waals surface area contributed by atoms with Gasteiger partial charge in [0.1, 0.15) is 17.4 Å². The Morgan fingerprint density at radius 2 is 1.97 bits per heavy atom. The van der Waals surface area contributed by atoms with Crippen molar-refractivity contribution in [3.63, 3.8) is 0 Å².